The lowest BCUT2D eigenvalue weighted by molar-refractivity contribution is -0.120. The Morgan fingerprint density at radius 3 is 2.33 bits per heavy atom. The van der Waals surface area contributed by atoms with E-state index in [2.05, 4.69) is 11.9 Å². The van der Waals surface area contributed by atoms with E-state index < -0.39 is 0 Å². The van der Waals surface area contributed by atoms with Crippen LogP contribution in [-0.2, 0) is 9.59 Å². The molecule has 2 aromatic carbocycles. The summed E-state index contributed by atoms with van der Waals surface area (Å²) in [5.41, 5.74) is 2.08. The van der Waals surface area contributed by atoms with Gasteiger partial charge in [0.15, 0.2) is 0 Å². The van der Waals surface area contributed by atoms with E-state index in [1.807, 2.05) is 49.2 Å². The van der Waals surface area contributed by atoms with Gasteiger partial charge in [-0.2, -0.15) is 0 Å². The molecule has 0 N–H and O–H groups in total. The zero-order chi connectivity index (χ0) is 23.5. The highest BCUT2D eigenvalue weighted by Crippen LogP contribution is 2.37. The van der Waals surface area contributed by atoms with Gasteiger partial charge in [0.05, 0.1) is 25.0 Å². The van der Waals surface area contributed by atoms with Crippen molar-refractivity contribution in [3.63, 3.8) is 0 Å². The number of ether oxygens (including phenoxy) is 2. The molecule has 4 rings (SSSR count). The minimum Gasteiger partial charge on any atom is -0.497 e. The SMILES string of the molecule is CCOc1cccc(N2C(=O)C(c3ccc(OC)cc3)=C(N(C)C3CCN(C)CC3)C2=O)c1. The first kappa shape index (κ1) is 22.9. The molecule has 0 saturated carbocycles. The predicted molar refractivity (Wildman–Crippen MR) is 128 cm³/mol. The molecule has 0 unspecified atom stereocenters. The Bertz CT molecular complexity index is 1060. The molecule has 0 radical (unpaired) electrons. The molecule has 0 bridgehead atoms. The van der Waals surface area contributed by atoms with Crippen molar-refractivity contribution in [2.24, 2.45) is 0 Å². The molecule has 0 spiro atoms. The molecule has 33 heavy (non-hydrogen) atoms. The minimum absolute atomic E-state index is 0.191. The predicted octanol–water partition coefficient (Wildman–Crippen LogP) is 3.40. The van der Waals surface area contributed by atoms with E-state index in [0.717, 1.165) is 25.9 Å². The molecule has 2 aliphatic rings. The van der Waals surface area contributed by atoms with Crippen LogP contribution in [0.25, 0.3) is 5.57 Å². The Morgan fingerprint density at radius 1 is 1.00 bits per heavy atom. The number of anilines is 1. The van der Waals surface area contributed by atoms with E-state index in [-0.39, 0.29) is 17.9 Å². The van der Waals surface area contributed by atoms with Crippen molar-refractivity contribution >= 4 is 23.1 Å². The van der Waals surface area contributed by atoms with E-state index in [0.29, 0.717) is 40.6 Å². The van der Waals surface area contributed by atoms with Crippen molar-refractivity contribution in [2.45, 2.75) is 25.8 Å². The molecule has 0 aromatic heterocycles. The van der Waals surface area contributed by atoms with Crippen LogP contribution in [0.1, 0.15) is 25.3 Å². The molecule has 2 heterocycles. The highest BCUT2D eigenvalue weighted by Gasteiger charge is 2.43. The minimum atomic E-state index is -0.325. The van der Waals surface area contributed by atoms with Crippen LogP contribution in [0.5, 0.6) is 11.5 Å². The molecular weight excluding hydrogens is 418 g/mol. The van der Waals surface area contributed by atoms with E-state index in [1.165, 1.54) is 4.90 Å². The molecule has 2 aromatic rings. The normalized spacial score (nSPS) is 17.6. The van der Waals surface area contributed by atoms with Crippen molar-refractivity contribution in [3.05, 3.63) is 59.8 Å². The van der Waals surface area contributed by atoms with Crippen LogP contribution in [0.2, 0.25) is 0 Å². The third-order valence-electron chi connectivity index (χ3n) is 6.41. The molecule has 0 atom stereocenters. The fourth-order valence-corrected chi connectivity index (χ4v) is 4.54. The maximum atomic E-state index is 13.8. The molecule has 2 aliphatic heterocycles. The zero-order valence-corrected chi connectivity index (χ0v) is 19.7. The summed E-state index contributed by atoms with van der Waals surface area (Å²) in [4.78, 5) is 33.1. The summed E-state index contributed by atoms with van der Waals surface area (Å²) in [7, 11) is 5.64. The highest BCUT2D eigenvalue weighted by molar-refractivity contribution is 6.45. The molecule has 2 amide bonds. The molecule has 7 nitrogen and oxygen atoms in total. The molecular formula is C26H31N3O4. The second-order valence-corrected chi connectivity index (χ2v) is 8.47. The van der Waals surface area contributed by atoms with E-state index in [4.69, 9.17) is 9.47 Å². The van der Waals surface area contributed by atoms with Crippen molar-refractivity contribution in [2.75, 3.05) is 45.8 Å². The average molecular weight is 450 g/mol. The molecule has 7 heteroatoms. The Labute approximate surface area is 195 Å². The Hall–Kier alpha value is -3.32. The standard InChI is InChI=1S/C26H31N3O4/c1-5-33-22-8-6-7-20(17-22)29-25(30)23(18-9-11-21(32-4)12-10-18)24(26(29)31)28(3)19-13-15-27(2)16-14-19/h6-12,17,19H,5,13-16H2,1-4H3. The molecule has 1 fully saturated rings. The highest BCUT2D eigenvalue weighted by atomic mass is 16.5. The number of hydrogen-bond donors (Lipinski definition) is 0. The second-order valence-electron chi connectivity index (χ2n) is 8.47. The van der Waals surface area contributed by atoms with Crippen LogP contribution in [0.15, 0.2) is 54.2 Å². The number of rotatable bonds is 7. The van der Waals surface area contributed by atoms with Crippen molar-refractivity contribution in [1.82, 2.24) is 9.80 Å². The molecule has 174 valence electrons. The van der Waals surface area contributed by atoms with Gasteiger partial charge in [0.25, 0.3) is 11.8 Å². The molecule has 1 saturated heterocycles. The first-order chi connectivity index (χ1) is 15.9. The summed E-state index contributed by atoms with van der Waals surface area (Å²) >= 11 is 0. The number of piperidine rings is 1. The van der Waals surface area contributed by atoms with Gasteiger partial charge in [-0.15, -0.1) is 0 Å². The van der Waals surface area contributed by atoms with Crippen LogP contribution < -0.4 is 14.4 Å². The number of carbonyl (C=O) groups excluding carboxylic acids is 2. The molecule has 0 aliphatic carbocycles. The van der Waals surface area contributed by atoms with Gasteiger partial charge >= 0.3 is 0 Å². The summed E-state index contributed by atoms with van der Waals surface area (Å²) in [6.45, 7) is 4.33. The first-order valence-electron chi connectivity index (χ1n) is 11.4. The smallest absolute Gasteiger partial charge is 0.282 e. The van der Waals surface area contributed by atoms with Crippen LogP contribution in [-0.4, -0.2) is 68.6 Å². The number of benzene rings is 2. The van der Waals surface area contributed by atoms with Crippen LogP contribution in [0.4, 0.5) is 5.69 Å². The van der Waals surface area contributed by atoms with Crippen LogP contribution in [0, 0.1) is 0 Å². The third kappa shape index (κ3) is 4.46. The van der Waals surface area contributed by atoms with E-state index >= 15 is 0 Å². The van der Waals surface area contributed by atoms with Gasteiger partial charge in [-0.3, -0.25) is 9.59 Å². The number of hydrogen-bond acceptors (Lipinski definition) is 6. The van der Waals surface area contributed by atoms with Crippen LogP contribution >= 0.6 is 0 Å². The fourth-order valence-electron chi connectivity index (χ4n) is 4.54. The maximum Gasteiger partial charge on any atom is 0.282 e. The Kier molecular flexibility index (Phi) is 6.70. The van der Waals surface area contributed by atoms with Gasteiger partial charge in [0.1, 0.15) is 17.2 Å². The summed E-state index contributed by atoms with van der Waals surface area (Å²) in [5.74, 6) is 0.691. The lowest BCUT2D eigenvalue weighted by Crippen LogP contribution is -2.43. The number of imide groups is 1. The summed E-state index contributed by atoms with van der Waals surface area (Å²) in [5, 5.41) is 0. The second kappa shape index (κ2) is 9.67. The summed E-state index contributed by atoms with van der Waals surface area (Å²) in [6, 6.07) is 14.6. The Balaban J connectivity index is 1.76. The quantitative estimate of drug-likeness (QED) is 0.604. The van der Waals surface area contributed by atoms with Gasteiger partial charge in [-0.1, -0.05) is 18.2 Å². The van der Waals surface area contributed by atoms with Crippen LogP contribution in [0.3, 0.4) is 0 Å². The van der Waals surface area contributed by atoms with E-state index in [9.17, 15) is 9.59 Å². The number of amides is 2. The number of methoxy groups -OCH3 is 1. The maximum absolute atomic E-state index is 13.8. The number of nitrogens with zero attached hydrogens (tertiary/aromatic N) is 3. The number of likely N-dealkylation sites (tertiary alicyclic amines) is 1. The monoisotopic (exact) mass is 449 g/mol. The van der Waals surface area contributed by atoms with Crippen molar-refractivity contribution in [3.8, 4) is 11.5 Å². The van der Waals surface area contributed by atoms with Crippen molar-refractivity contribution in [1.29, 1.82) is 0 Å². The topological polar surface area (TPSA) is 62.3 Å². The van der Waals surface area contributed by atoms with Gasteiger partial charge < -0.3 is 19.3 Å². The largest absolute Gasteiger partial charge is 0.497 e. The fraction of sp³-hybridized carbons (Fsp3) is 0.385. The lowest BCUT2D eigenvalue weighted by Gasteiger charge is -2.36. The average Bonchev–Trinajstić information content (AvgIpc) is 3.09. The van der Waals surface area contributed by atoms with Gasteiger partial charge in [-0.25, -0.2) is 4.90 Å². The number of likely N-dealkylation sites (N-methyl/N-ethyl adjacent to an activating group) is 1. The van der Waals surface area contributed by atoms with Gasteiger partial charge in [0, 0.05) is 19.2 Å². The Morgan fingerprint density at radius 2 is 1.70 bits per heavy atom. The van der Waals surface area contributed by atoms with Gasteiger partial charge in [-0.05, 0) is 69.7 Å². The zero-order valence-electron chi connectivity index (χ0n) is 19.7. The van der Waals surface area contributed by atoms with Crippen molar-refractivity contribution < 1.29 is 19.1 Å². The summed E-state index contributed by atoms with van der Waals surface area (Å²) < 4.78 is 10.9. The lowest BCUT2D eigenvalue weighted by atomic mass is 10.00. The first-order valence-corrected chi connectivity index (χ1v) is 11.4. The number of carbonyl (C=O) groups is 2. The van der Waals surface area contributed by atoms with Gasteiger partial charge in [0.2, 0.25) is 0 Å². The summed E-state index contributed by atoms with van der Waals surface area (Å²) in [6.07, 6.45) is 1.88. The third-order valence-corrected chi connectivity index (χ3v) is 6.41. The van der Waals surface area contributed by atoms with E-state index in [1.54, 1.807) is 25.3 Å².